The van der Waals surface area contributed by atoms with Gasteiger partial charge in [0, 0.05) is 0 Å². The summed E-state index contributed by atoms with van der Waals surface area (Å²) in [6, 6.07) is 5.70. The van der Waals surface area contributed by atoms with Crippen molar-refractivity contribution < 1.29 is 18.9 Å². The van der Waals surface area contributed by atoms with Gasteiger partial charge in [0.25, 0.3) is 0 Å². The number of hydrogen-bond donors (Lipinski definition) is 0. The van der Waals surface area contributed by atoms with Crippen molar-refractivity contribution in [1.29, 1.82) is 0 Å². The third-order valence-electron chi connectivity index (χ3n) is 1.33. The first-order valence-corrected chi connectivity index (χ1v) is 5.49. The summed E-state index contributed by atoms with van der Waals surface area (Å²) in [5.74, 6) is 0. The number of nitrogens with zero attached hydrogens (tertiary/aromatic N) is 1. The van der Waals surface area contributed by atoms with E-state index in [1.54, 1.807) is 0 Å². The molecule has 2 rings (SSSR count). The predicted molar refractivity (Wildman–Crippen MR) is 49.3 cm³/mol. The normalized spacial score (nSPS) is 9.75. The third-order valence-corrected chi connectivity index (χ3v) is 3.80. The van der Waals surface area contributed by atoms with Gasteiger partial charge in [0.1, 0.15) is 0 Å². The van der Waals surface area contributed by atoms with E-state index in [1.165, 1.54) is 4.26 Å². The molecule has 1 nitrogen and oxygen atoms in total. The first kappa shape index (κ1) is 10.6. The van der Waals surface area contributed by atoms with Crippen molar-refractivity contribution in [1.82, 2.24) is 4.98 Å². The van der Waals surface area contributed by atoms with Gasteiger partial charge in [-0.1, -0.05) is 0 Å². The van der Waals surface area contributed by atoms with E-state index in [0.717, 1.165) is 14.4 Å². The zero-order chi connectivity index (χ0) is 7.84. The molecule has 1 aromatic heterocycles. The molecule has 0 bridgehead atoms. The molecule has 0 fully saturated rings. The Labute approximate surface area is 98.8 Å². The van der Waals surface area contributed by atoms with E-state index >= 15 is 0 Å². The topological polar surface area (TPSA) is 12.9 Å². The number of halogens is 1. The van der Waals surface area contributed by atoms with Crippen LogP contribution in [0.5, 0.6) is 0 Å². The van der Waals surface area contributed by atoms with Crippen molar-refractivity contribution in [3.63, 3.8) is 0 Å². The van der Waals surface area contributed by atoms with Crippen LogP contribution in [0.4, 0.5) is 0 Å². The molecule has 0 radical (unpaired) electrons. The van der Waals surface area contributed by atoms with Crippen molar-refractivity contribution in [2.45, 2.75) is 3.90 Å². The maximum atomic E-state index is 5.80. The van der Waals surface area contributed by atoms with Gasteiger partial charge in [-0.2, -0.15) is 0 Å². The summed E-state index contributed by atoms with van der Waals surface area (Å²) in [6.45, 7) is 0. The molecular formula is C7H3ClLiNSSe. The van der Waals surface area contributed by atoms with Crippen LogP contribution >= 0.6 is 11.6 Å². The monoisotopic (exact) mass is 255 g/mol. The molecule has 5 heteroatoms. The number of fused-ring (bicyclic) bond motifs is 1. The molecule has 0 aliphatic rings. The molecule has 0 aliphatic heterocycles. The number of hydrogen-bond acceptors (Lipinski definition) is 2. The zero-order valence-corrected chi connectivity index (χ0v) is 9.66. The Kier molecular flexibility index (Phi) is 3.67. The molecule has 0 saturated carbocycles. The second-order valence-corrected chi connectivity index (χ2v) is 5.66. The third kappa shape index (κ3) is 2.06. The average molecular weight is 255 g/mol. The van der Waals surface area contributed by atoms with E-state index < -0.39 is 0 Å². The summed E-state index contributed by atoms with van der Waals surface area (Å²) >= 11 is 11.0. The van der Waals surface area contributed by atoms with Crippen molar-refractivity contribution in [2.75, 3.05) is 0 Å². The standard InChI is InChI=1S/C7H4ClNSSe.Li/c8-4-1-2-5-6(3-4)11-7(10)9-5;/h1-3H,(H,9,10);/q;+1/p-1. The molecule has 0 atom stereocenters. The van der Waals surface area contributed by atoms with E-state index in [9.17, 15) is 0 Å². The summed E-state index contributed by atoms with van der Waals surface area (Å²) < 4.78 is 2.02. The quantitative estimate of drug-likeness (QED) is 0.435. The van der Waals surface area contributed by atoms with Crippen molar-refractivity contribution in [2.24, 2.45) is 0 Å². The van der Waals surface area contributed by atoms with E-state index in [2.05, 4.69) is 4.98 Å². The molecule has 0 N–H and O–H groups in total. The summed E-state index contributed by atoms with van der Waals surface area (Å²) in [7, 11) is 0. The van der Waals surface area contributed by atoms with Gasteiger partial charge in [0.05, 0.1) is 0 Å². The van der Waals surface area contributed by atoms with Crippen LogP contribution in [-0.2, 0) is 12.6 Å². The van der Waals surface area contributed by atoms with Crippen molar-refractivity contribution in [3.8, 4) is 0 Å². The van der Waals surface area contributed by atoms with E-state index in [0.29, 0.717) is 0 Å². The molecule has 1 heterocycles. The summed E-state index contributed by atoms with van der Waals surface area (Å²) in [5.41, 5.74) is 0.999. The van der Waals surface area contributed by atoms with Crippen LogP contribution in [-0.4, -0.2) is 19.5 Å². The average Bonchev–Trinajstić information content (AvgIpc) is 2.27. The maximum absolute atomic E-state index is 5.80. The Morgan fingerprint density at radius 3 is 2.92 bits per heavy atom. The van der Waals surface area contributed by atoms with Crippen LogP contribution in [0.15, 0.2) is 22.1 Å². The molecule has 0 amide bonds. The van der Waals surface area contributed by atoms with Crippen LogP contribution in [0, 0.1) is 0 Å². The molecular weight excluding hydrogens is 252 g/mol. The van der Waals surface area contributed by atoms with Crippen LogP contribution in [0.2, 0.25) is 5.02 Å². The van der Waals surface area contributed by atoms with Gasteiger partial charge in [-0.3, -0.25) is 0 Å². The first-order chi connectivity index (χ1) is 5.25. The molecule has 1 aromatic carbocycles. The summed E-state index contributed by atoms with van der Waals surface area (Å²) in [6.07, 6.45) is 0. The zero-order valence-electron chi connectivity index (χ0n) is 6.37. The summed E-state index contributed by atoms with van der Waals surface area (Å²) in [5, 5.41) is 0.769. The van der Waals surface area contributed by atoms with E-state index in [4.69, 9.17) is 24.2 Å². The molecule has 0 spiro atoms. The Bertz CT molecular complexity index is 403. The fraction of sp³-hybridized carbons (Fsp3) is 0. The first-order valence-electron chi connectivity index (χ1n) is 2.99. The minimum absolute atomic E-state index is 0. The van der Waals surface area contributed by atoms with Gasteiger partial charge in [0.15, 0.2) is 0 Å². The Balaban J connectivity index is 0.000000720. The Morgan fingerprint density at radius 2 is 2.17 bits per heavy atom. The van der Waals surface area contributed by atoms with Crippen molar-refractivity contribution in [3.05, 3.63) is 23.2 Å². The fourth-order valence-electron chi connectivity index (χ4n) is 0.877. The molecule has 2 aromatic rings. The van der Waals surface area contributed by atoms with Gasteiger partial charge in [-0.15, -0.1) is 0 Å². The second kappa shape index (κ2) is 4.15. The van der Waals surface area contributed by atoms with Crippen LogP contribution in [0.1, 0.15) is 0 Å². The molecule has 0 saturated heterocycles. The fourth-order valence-corrected chi connectivity index (χ4v) is 3.31. The molecule has 0 unspecified atom stereocenters. The van der Waals surface area contributed by atoms with Gasteiger partial charge >= 0.3 is 99.5 Å². The summed E-state index contributed by atoms with van der Waals surface area (Å²) in [4.78, 5) is 4.19. The van der Waals surface area contributed by atoms with Crippen LogP contribution < -0.4 is 18.9 Å². The van der Waals surface area contributed by atoms with Gasteiger partial charge in [0.2, 0.25) is 0 Å². The molecule has 56 valence electrons. The Morgan fingerprint density at radius 1 is 1.42 bits per heavy atom. The van der Waals surface area contributed by atoms with Gasteiger partial charge < -0.3 is 0 Å². The second-order valence-electron chi connectivity index (χ2n) is 2.09. The van der Waals surface area contributed by atoms with Gasteiger partial charge in [-0.05, 0) is 0 Å². The SMILES string of the molecule is [Li+].[S-]c1nc2ccc(Cl)cc2[se]1. The van der Waals surface area contributed by atoms with Crippen LogP contribution in [0.25, 0.3) is 9.78 Å². The Hall–Kier alpha value is 0.517. The molecule has 0 aliphatic carbocycles. The minimum atomic E-state index is 0. The number of rotatable bonds is 0. The van der Waals surface area contributed by atoms with Crippen molar-refractivity contribution >= 4 is 48.5 Å². The number of aromatic nitrogens is 1. The van der Waals surface area contributed by atoms with E-state index in [-0.39, 0.29) is 33.4 Å². The van der Waals surface area contributed by atoms with Gasteiger partial charge in [-0.25, -0.2) is 0 Å². The molecule has 12 heavy (non-hydrogen) atoms. The number of benzene rings is 1. The van der Waals surface area contributed by atoms with Crippen LogP contribution in [0.3, 0.4) is 0 Å². The van der Waals surface area contributed by atoms with E-state index in [1.807, 2.05) is 18.2 Å². The predicted octanol–water partition coefficient (Wildman–Crippen LogP) is -1.15.